The number of benzene rings is 2. The average molecular weight is 317 g/mol. The predicted octanol–water partition coefficient (Wildman–Crippen LogP) is 3.78. The van der Waals surface area contributed by atoms with Gasteiger partial charge in [-0.25, -0.2) is 0 Å². The molecule has 0 aliphatic carbocycles. The van der Waals surface area contributed by atoms with Crippen LogP contribution in [0.2, 0.25) is 0 Å². The molecular formula is C21H23N3. The van der Waals surface area contributed by atoms with E-state index in [9.17, 15) is 5.26 Å². The Hall–Kier alpha value is -2.31. The summed E-state index contributed by atoms with van der Waals surface area (Å²) in [6.45, 7) is 6.07. The van der Waals surface area contributed by atoms with Gasteiger partial charge in [0, 0.05) is 19.6 Å². The summed E-state index contributed by atoms with van der Waals surface area (Å²) in [6.07, 6.45) is 3.39. The molecule has 122 valence electrons. The summed E-state index contributed by atoms with van der Waals surface area (Å²) in [6, 6.07) is 13.5. The molecule has 0 radical (unpaired) electrons. The molecule has 0 spiro atoms. The van der Waals surface area contributed by atoms with Gasteiger partial charge in [0.2, 0.25) is 0 Å². The molecule has 0 saturated carbocycles. The van der Waals surface area contributed by atoms with Crippen LogP contribution >= 0.6 is 0 Å². The molecule has 3 nitrogen and oxygen atoms in total. The zero-order valence-electron chi connectivity index (χ0n) is 14.2. The number of hydrogen-bond acceptors (Lipinski definition) is 3. The van der Waals surface area contributed by atoms with Gasteiger partial charge in [-0.2, -0.15) is 5.26 Å². The maximum absolute atomic E-state index is 9.84. The summed E-state index contributed by atoms with van der Waals surface area (Å²) in [5, 5.41) is 13.3. The smallest absolute Gasteiger partial charge is 0.102 e. The average Bonchev–Trinajstić information content (AvgIpc) is 3.15. The first kappa shape index (κ1) is 15.2. The standard InChI is InChI=1S/C21H23N3/c1-15-4-6-16(7-5-15)18-12-21(24-10-2-3-11-24)19(13-22)17-8-9-23-14-20(17)18/h4-7,12,23H,2-3,8-11,14H2,1H3. The number of nitrogens with one attached hydrogen (secondary N) is 1. The lowest BCUT2D eigenvalue weighted by Gasteiger charge is -2.28. The Morgan fingerprint density at radius 1 is 1.08 bits per heavy atom. The predicted molar refractivity (Wildman–Crippen MR) is 98.2 cm³/mol. The molecule has 2 heterocycles. The first-order valence-electron chi connectivity index (χ1n) is 8.89. The number of rotatable bonds is 2. The highest BCUT2D eigenvalue weighted by Crippen LogP contribution is 2.38. The number of aryl methyl sites for hydroxylation is 1. The third kappa shape index (κ3) is 2.57. The van der Waals surface area contributed by atoms with Crippen molar-refractivity contribution in [1.82, 2.24) is 5.32 Å². The Labute approximate surface area is 143 Å². The van der Waals surface area contributed by atoms with Gasteiger partial charge in [0.1, 0.15) is 6.07 Å². The molecule has 2 aromatic carbocycles. The van der Waals surface area contributed by atoms with Crippen LogP contribution in [0.3, 0.4) is 0 Å². The van der Waals surface area contributed by atoms with Crippen LogP contribution < -0.4 is 10.2 Å². The van der Waals surface area contributed by atoms with Gasteiger partial charge in [-0.3, -0.25) is 0 Å². The van der Waals surface area contributed by atoms with E-state index in [0.717, 1.165) is 43.9 Å². The highest BCUT2D eigenvalue weighted by Gasteiger charge is 2.24. The summed E-state index contributed by atoms with van der Waals surface area (Å²) in [5.74, 6) is 0. The largest absolute Gasteiger partial charge is 0.370 e. The van der Waals surface area contributed by atoms with Crippen LogP contribution in [0.5, 0.6) is 0 Å². The maximum atomic E-state index is 9.84. The van der Waals surface area contributed by atoms with Crippen molar-refractivity contribution in [3.05, 3.63) is 52.6 Å². The molecule has 2 aromatic rings. The van der Waals surface area contributed by atoms with Crippen molar-refractivity contribution in [2.45, 2.75) is 32.7 Å². The van der Waals surface area contributed by atoms with Crippen LogP contribution in [-0.2, 0) is 13.0 Å². The third-order valence-corrected chi connectivity index (χ3v) is 5.30. The fourth-order valence-corrected chi connectivity index (χ4v) is 3.99. The first-order chi connectivity index (χ1) is 11.8. The molecule has 3 heteroatoms. The lowest BCUT2D eigenvalue weighted by Crippen LogP contribution is -2.27. The number of fused-ring (bicyclic) bond motifs is 1. The SMILES string of the molecule is Cc1ccc(-c2cc(N3CCCC3)c(C#N)c3c2CNCC3)cc1. The molecule has 4 rings (SSSR count). The van der Waals surface area contributed by atoms with Crippen molar-refractivity contribution >= 4 is 5.69 Å². The van der Waals surface area contributed by atoms with Gasteiger partial charge < -0.3 is 10.2 Å². The molecular weight excluding hydrogens is 294 g/mol. The lowest BCUT2D eigenvalue weighted by atomic mass is 9.87. The topological polar surface area (TPSA) is 39.1 Å². The highest BCUT2D eigenvalue weighted by molar-refractivity contribution is 5.79. The Bertz CT molecular complexity index is 793. The van der Waals surface area contributed by atoms with Gasteiger partial charge in [-0.05, 0) is 61.1 Å². The van der Waals surface area contributed by atoms with Gasteiger partial charge in [0.05, 0.1) is 11.3 Å². The van der Waals surface area contributed by atoms with Crippen molar-refractivity contribution in [2.24, 2.45) is 0 Å². The Morgan fingerprint density at radius 3 is 2.54 bits per heavy atom. The zero-order chi connectivity index (χ0) is 16.5. The Balaban J connectivity index is 1.93. The minimum absolute atomic E-state index is 0.855. The lowest BCUT2D eigenvalue weighted by molar-refractivity contribution is 0.643. The van der Waals surface area contributed by atoms with E-state index in [1.807, 2.05) is 0 Å². The fourth-order valence-electron chi connectivity index (χ4n) is 3.99. The summed E-state index contributed by atoms with van der Waals surface area (Å²) in [5.41, 5.74) is 8.44. The second-order valence-electron chi connectivity index (χ2n) is 6.87. The van der Waals surface area contributed by atoms with Crippen molar-refractivity contribution in [1.29, 1.82) is 5.26 Å². The van der Waals surface area contributed by atoms with Crippen LogP contribution in [0.1, 0.15) is 35.1 Å². The van der Waals surface area contributed by atoms with E-state index in [1.165, 1.54) is 40.7 Å². The van der Waals surface area contributed by atoms with Gasteiger partial charge in [-0.15, -0.1) is 0 Å². The highest BCUT2D eigenvalue weighted by atomic mass is 15.1. The number of nitriles is 1. The van der Waals surface area contributed by atoms with Crippen LogP contribution in [0.4, 0.5) is 5.69 Å². The van der Waals surface area contributed by atoms with Crippen molar-refractivity contribution < 1.29 is 0 Å². The third-order valence-electron chi connectivity index (χ3n) is 5.30. The van der Waals surface area contributed by atoms with Gasteiger partial charge in [0.15, 0.2) is 0 Å². The fraction of sp³-hybridized carbons (Fsp3) is 0.381. The minimum Gasteiger partial charge on any atom is -0.370 e. The molecule has 1 saturated heterocycles. The van der Waals surface area contributed by atoms with E-state index in [1.54, 1.807) is 0 Å². The summed E-state index contributed by atoms with van der Waals surface area (Å²) < 4.78 is 0. The molecule has 0 aromatic heterocycles. The molecule has 2 aliphatic heterocycles. The van der Waals surface area contributed by atoms with Crippen molar-refractivity contribution in [3.8, 4) is 17.2 Å². The molecule has 24 heavy (non-hydrogen) atoms. The number of hydrogen-bond donors (Lipinski definition) is 1. The Morgan fingerprint density at radius 2 is 1.83 bits per heavy atom. The van der Waals surface area contributed by atoms with Crippen LogP contribution in [0, 0.1) is 18.3 Å². The summed E-state index contributed by atoms with van der Waals surface area (Å²) >= 11 is 0. The monoisotopic (exact) mass is 317 g/mol. The van der Waals surface area contributed by atoms with Gasteiger partial charge in [-0.1, -0.05) is 29.8 Å². The van der Waals surface area contributed by atoms with Crippen molar-refractivity contribution in [2.75, 3.05) is 24.5 Å². The minimum atomic E-state index is 0.855. The first-order valence-corrected chi connectivity index (χ1v) is 8.89. The number of nitrogens with zero attached hydrogens (tertiary/aromatic N) is 2. The van der Waals surface area contributed by atoms with Gasteiger partial charge in [0.25, 0.3) is 0 Å². The van der Waals surface area contributed by atoms with Crippen LogP contribution in [-0.4, -0.2) is 19.6 Å². The van der Waals surface area contributed by atoms with E-state index in [4.69, 9.17) is 0 Å². The molecule has 0 amide bonds. The Kier molecular flexibility index (Phi) is 4.00. The zero-order valence-corrected chi connectivity index (χ0v) is 14.2. The molecule has 0 bridgehead atoms. The van der Waals surface area contributed by atoms with Crippen LogP contribution in [0.15, 0.2) is 30.3 Å². The van der Waals surface area contributed by atoms with Crippen molar-refractivity contribution in [3.63, 3.8) is 0 Å². The van der Waals surface area contributed by atoms with E-state index >= 15 is 0 Å². The normalized spacial score (nSPS) is 16.8. The molecule has 0 atom stereocenters. The second-order valence-corrected chi connectivity index (χ2v) is 6.87. The summed E-state index contributed by atoms with van der Waals surface area (Å²) in [4.78, 5) is 2.40. The van der Waals surface area contributed by atoms with E-state index in [2.05, 4.69) is 53.5 Å². The van der Waals surface area contributed by atoms with E-state index in [0.29, 0.717) is 0 Å². The van der Waals surface area contributed by atoms with Gasteiger partial charge >= 0.3 is 0 Å². The molecule has 2 aliphatic rings. The van der Waals surface area contributed by atoms with Crippen LogP contribution in [0.25, 0.3) is 11.1 Å². The molecule has 0 unspecified atom stereocenters. The summed E-state index contributed by atoms with van der Waals surface area (Å²) in [7, 11) is 0. The second kappa shape index (κ2) is 6.30. The van der Waals surface area contributed by atoms with E-state index < -0.39 is 0 Å². The molecule has 1 N–H and O–H groups in total. The number of anilines is 1. The molecule has 1 fully saturated rings. The maximum Gasteiger partial charge on any atom is 0.102 e. The van der Waals surface area contributed by atoms with E-state index in [-0.39, 0.29) is 0 Å². The quantitative estimate of drug-likeness (QED) is 0.916.